The number of rotatable bonds is 0. The first kappa shape index (κ1) is 5.14. The molecule has 1 heterocycles. The molecule has 0 saturated heterocycles. The summed E-state index contributed by atoms with van der Waals surface area (Å²) in [6.45, 7) is 0. The minimum Gasteiger partial charge on any atom is -0.624 e. The third-order valence-corrected chi connectivity index (χ3v) is 0.929. The summed E-state index contributed by atoms with van der Waals surface area (Å²) in [6, 6.07) is 0. The third-order valence-electron chi connectivity index (χ3n) is 0.929. The van der Waals surface area contributed by atoms with Crippen molar-refractivity contribution in [3.8, 4) is 0 Å². The number of nitrogens with two attached hydrogens (primary N) is 2. The molecular weight excluding hydrogens is 106 g/mol. The SMILES string of the molecule is NC1=C[NH+]([O-])C=C1N. The van der Waals surface area contributed by atoms with Crippen LogP contribution in [0.25, 0.3) is 0 Å². The minimum atomic E-state index is -0.125. The highest BCUT2D eigenvalue weighted by atomic mass is 16.5. The summed E-state index contributed by atoms with van der Waals surface area (Å²) < 4.78 is 0. The maximum atomic E-state index is 10.4. The van der Waals surface area contributed by atoms with Crippen LogP contribution in [0.1, 0.15) is 0 Å². The lowest BCUT2D eigenvalue weighted by molar-refractivity contribution is -0.727. The van der Waals surface area contributed by atoms with Crippen LogP contribution in [-0.4, -0.2) is 0 Å². The van der Waals surface area contributed by atoms with E-state index in [1.54, 1.807) is 0 Å². The summed E-state index contributed by atoms with van der Waals surface area (Å²) in [5.41, 5.74) is 11.2. The van der Waals surface area contributed by atoms with Gasteiger partial charge in [0.2, 0.25) is 0 Å². The molecule has 0 aliphatic carbocycles. The highest BCUT2D eigenvalue weighted by molar-refractivity contribution is 5.24. The number of quaternary nitrogens is 1. The van der Waals surface area contributed by atoms with E-state index in [1.807, 2.05) is 0 Å². The van der Waals surface area contributed by atoms with Crippen LogP contribution in [0.2, 0.25) is 0 Å². The van der Waals surface area contributed by atoms with E-state index in [-0.39, 0.29) is 5.06 Å². The molecule has 4 nitrogen and oxygen atoms in total. The number of hydrogen-bond acceptors (Lipinski definition) is 3. The molecule has 0 unspecified atom stereocenters. The van der Waals surface area contributed by atoms with E-state index in [1.165, 1.54) is 12.4 Å². The Morgan fingerprint density at radius 3 is 1.75 bits per heavy atom. The van der Waals surface area contributed by atoms with E-state index in [2.05, 4.69) is 0 Å². The van der Waals surface area contributed by atoms with Gasteiger partial charge in [-0.25, -0.2) is 0 Å². The molecule has 44 valence electrons. The lowest BCUT2D eigenvalue weighted by atomic mass is 10.4. The molecule has 0 aromatic heterocycles. The first-order valence-corrected chi connectivity index (χ1v) is 2.19. The quantitative estimate of drug-likeness (QED) is 0.317. The maximum Gasteiger partial charge on any atom is 0.124 e. The standard InChI is InChI=1S/C4H7N3O/c5-3-1-7(8)2-4(3)6/h1-2,7H,5-6H2. The summed E-state index contributed by atoms with van der Waals surface area (Å²) >= 11 is 0. The van der Waals surface area contributed by atoms with E-state index in [0.29, 0.717) is 11.4 Å². The summed E-state index contributed by atoms with van der Waals surface area (Å²) in [7, 11) is 0. The van der Waals surface area contributed by atoms with Crippen molar-refractivity contribution >= 4 is 0 Å². The molecule has 1 aliphatic rings. The molecule has 0 bridgehead atoms. The normalized spacial score (nSPS) is 20.6. The van der Waals surface area contributed by atoms with Crippen molar-refractivity contribution in [2.45, 2.75) is 0 Å². The van der Waals surface area contributed by atoms with Crippen LogP contribution < -0.4 is 16.5 Å². The van der Waals surface area contributed by atoms with E-state index in [9.17, 15) is 5.21 Å². The first-order chi connectivity index (χ1) is 3.70. The van der Waals surface area contributed by atoms with E-state index >= 15 is 0 Å². The summed E-state index contributed by atoms with van der Waals surface area (Å²) in [6.07, 6.45) is 2.60. The molecule has 8 heavy (non-hydrogen) atoms. The summed E-state index contributed by atoms with van der Waals surface area (Å²) in [4.78, 5) is 0. The van der Waals surface area contributed by atoms with Crippen molar-refractivity contribution in [2.75, 3.05) is 0 Å². The predicted molar refractivity (Wildman–Crippen MR) is 28.9 cm³/mol. The molecule has 5 N–H and O–H groups in total. The zero-order valence-corrected chi connectivity index (χ0v) is 4.22. The van der Waals surface area contributed by atoms with Crippen LogP contribution in [0, 0.1) is 5.21 Å². The molecule has 0 fully saturated rings. The van der Waals surface area contributed by atoms with Gasteiger partial charge in [0.1, 0.15) is 23.8 Å². The Hall–Kier alpha value is -1.00. The molecule has 0 amide bonds. The van der Waals surface area contributed by atoms with Crippen molar-refractivity contribution in [2.24, 2.45) is 11.5 Å². The van der Waals surface area contributed by atoms with Gasteiger partial charge < -0.3 is 21.7 Å². The minimum absolute atomic E-state index is 0.125. The number of hydrogen-bond donors (Lipinski definition) is 3. The molecule has 4 heteroatoms. The van der Waals surface area contributed by atoms with Gasteiger partial charge in [-0.2, -0.15) is 0 Å². The van der Waals surface area contributed by atoms with Crippen LogP contribution >= 0.6 is 0 Å². The summed E-state index contributed by atoms with van der Waals surface area (Å²) in [5, 5.41) is 10.2. The van der Waals surface area contributed by atoms with E-state index in [4.69, 9.17) is 11.5 Å². The molecule has 0 radical (unpaired) electrons. The second-order valence-electron chi connectivity index (χ2n) is 1.60. The van der Waals surface area contributed by atoms with Crippen LogP contribution in [-0.2, 0) is 0 Å². The Morgan fingerprint density at radius 1 is 1.25 bits per heavy atom. The van der Waals surface area contributed by atoms with Gasteiger partial charge in [-0.1, -0.05) is 0 Å². The van der Waals surface area contributed by atoms with E-state index in [0.717, 1.165) is 0 Å². The maximum absolute atomic E-state index is 10.4. The molecule has 1 aliphatic heterocycles. The molecule has 0 spiro atoms. The third kappa shape index (κ3) is 0.661. The largest absolute Gasteiger partial charge is 0.624 e. The smallest absolute Gasteiger partial charge is 0.124 e. The second kappa shape index (κ2) is 1.50. The molecule has 0 aromatic carbocycles. The Bertz CT molecular complexity index is 143. The monoisotopic (exact) mass is 113 g/mol. The topological polar surface area (TPSA) is 79.5 Å². The van der Waals surface area contributed by atoms with Crippen molar-refractivity contribution in [3.63, 3.8) is 0 Å². The first-order valence-electron chi connectivity index (χ1n) is 2.19. The fourth-order valence-corrected chi connectivity index (χ4v) is 0.515. The second-order valence-corrected chi connectivity index (χ2v) is 1.60. The molecule has 1 rings (SSSR count). The van der Waals surface area contributed by atoms with Crippen LogP contribution in [0.5, 0.6) is 0 Å². The molecule has 0 atom stereocenters. The highest BCUT2D eigenvalue weighted by Gasteiger charge is 2.06. The molecule has 0 saturated carbocycles. The van der Waals surface area contributed by atoms with Crippen molar-refractivity contribution in [1.29, 1.82) is 0 Å². The van der Waals surface area contributed by atoms with Gasteiger partial charge in [0.25, 0.3) is 0 Å². The van der Waals surface area contributed by atoms with Gasteiger partial charge in [0.15, 0.2) is 0 Å². The van der Waals surface area contributed by atoms with Gasteiger partial charge in [-0.3, -0.25) is 0 Å². The Morgan fingerprint density at radius 2 is 1.62 bits per heavy atom. The Balaban J connectivity index is 2.82. The van der Waals surface area contributed by atoms with Gasteiger partial charge in [-0.15, -0.1) is 0 Å². The van der Waals surface area contributed by atoms with Gasteiger partial charge >= 0.3 is 0 Å². The number of nitrogens with one attached hydrogen (secondary N) is 1. The van der Waals surface area contributed by atoms with Gasteiger partial charge in [-0.05, 0) is 0 Å². The molecular formula is C4H7N3O. The predicted octanol–water partition coefficient (Wildman–Crippen LogP) is -2.02. The lowest BCUT2D eigenvalue weighted by Crippen LogP contribution is -2.96. The van der Waals surface area contributed by atoms with Crippen molar-refractivity contribution in [3.05, 3.63) is 29.0 Å². The summed E-state index contributed by atoms with van der Waals surface area (Å²) in [5.74, 6) is 0. The average Bonchev–Trinajstić information content (AvgIpc) is 1.85. The van der Waals surface area contributed by atoms with Crippen LogP contribution in [0.3, 0.4) is 0 Å². The average molecular weight is 113 g/mol. The zero-order valence-electron chi connectivity index (χ0n) is 4.22. The van der Waals surface area contributed by atoms with Crippen molar-refractivity contribution in [1.82, 2.24) is 0 Å². The Labute approximate surface area is 46.6 Å². The van der Waals surface area contributed by atoms with E-state index < -0.39 is 0 Å². The number of hydroxylamine groups is 2. The van der Waals surface area contributed by atoms with Crippen LogP contribution in [0.4, 0.5) is 0 Å². The van der Waals surface area contributed by atoms with Gasteiger partial charge in [0.05, 0.1) is 0 Å². The zero-order chi connectivity index (χ0) is 6.15. The van der Waals surface area contributed by atoms with Crippen molar-refractivity contribution < 1.29 is 5.06 Å². The fraction of sp³-hybridized carbons (Fsp3) is 0. The molecule has 0 aromatic rings. The Kier molecular flexibility index (Phi) is 0.964. The lowest BCUT2D eigenvalue weighted by Gasteiger charge is -2.04. The van der Waals surface area contributed by atoms with Crippen LogP contribution in [0.15, 0.2) is 23.8 Å². The fourth-order valence-electron chi connectivity index (χ4n) is 0.515. The van der Waals surface area contributed by atoms with Gasteiger partial charge in [0, 0.05) is 0 Å². The highest BCUT2D eigenvalue weighted by Crippen LogP contribution is 1.93.